The van der Waals surface area contributed by atoms with Gasteiger partial charge in [0.1, 0.15) is 11.5 Å². The molecule has 0 bridgehead atoms. The van der Waals surface area contributed by atoms with Gasteiger partial charge in [-0.2, -0.15) is 0 Å². The second kappa shape index (κ2) is 6.27. The minimum absolute atomic E-state index is 0.0951. The highest BCUT2D eigenvalue weighted by atomic mass is 16.5. The van der Waals surface area contributed by atoms with Crippen molar-refractivity contribution in [1.82, 2.24) is 10.1 Å². The molecule has 0 aliphatic carbocycles. The van der Waals surface area contributed by atoms with Crippen molar-refractivity contribution in [3.05, 3.63) is 17.5 Å². The maximum Gasteiger partial charge on any atom is 0.222 e. The van der Waals surface area contributed by atoms with Gasteiger partial charge in [-0.1, -0.05) is 5.16 Å². The van der Waals surface area contributed by atoms with Crippen LogP contribution in [0.4, 0.5) is 0 Å². The SMILES string of the molecule is COCCCC(=O)N(C)Cc1cc(C)on1. The molecule has 1 aromatic heterocycles. The fourth-order valence-corrected chi connectivity index (χ4v) is 1.38. The Bertz CT molecular complexity index is 336. The van der Waals surface area contributed by atoms with E-state index >= 15 is 0 Å². The smallest absolute Gasteiger partial charge is 0.222 e. The fraction of sp³-hybridized carbons (Fsp3) is 0.636. The summed E-state index contributed by atoms with van der Waals surface area (Å²) in [4.78, 5) is 13.3. The van der Waals surface area contributed by atoms with Crippen LogP contribution in [0.5, 0.6) is 0 Å². The molecule has 1 rings (SSSR count). The molecule has 0 fully saturated rings. The number of nitrogens with zero attached hydrogens (tertiary/aromatic N) is 2. The van der Waals surface area contributed by atoms with Gasteiger partial charge in [-0.15, -0.1) is 0 Å². The molecule has 1 amide bonds. The standard InChI is InChI=1S/C11H18N2O3/c1-9-7-10(12-16-9)8-13(2)11(14)5-4-6-15-3/h7H,4-6,8H2,1-3H3. The third-order valence-electron chi connectivity index (χ3n) is 2.24. The highest BCUT2D eigenvalue weighted by molar-refractivity contribution is 5.75. The van der Waals surface area contributed by atoms with Crippen molar-refractivity contribution in [1.29, 1.82) is 0 Å². The highest BCUT2D eigenvalue weighted by Gasteiger charge is 2.10. The van der Waals surface area contributed by atoms with Crippen LogP contribution in [-0.4, -0.2) is 36.7 Å². The predicted octanol–water partition coefficient (Wildman–Crippen LogP) is 1.37. The third-order valence-corrected chi connectivity index (χ3v) is 2.24. The van der Waals surface area contributed by atoms with Crippen LogP contribution in [-0.2, 0) is 16.1 Å². The van der Waals surface area contributed by atoms with Gasteiger partial charge in [0.2, 0.25) is 5.91 Å². The largest absolute Gasteiger partial charge is 0.385 e. The fourth-order valence-electron chi connectivity index (χ4n) is 1.38. The highest BCUT2D eigenvalue weighted by Crippen LogP contribution is 2.06. The van der Waals surface area contributed by atoms with Gasteiger partial charge in [0, 0.05) is 33.3 Å². The van der Waals surface area contributed by atoms with Crippen LogP contribution < -0.4 is 0 Å². The van der Waals surface area contributed by atoms with Gasteiger partial charge >= 0.3 is 0 Å². The molecule has 0 spiro atoms. The topological polar surface area (TPSA) is 55.6 Å². The minimum atomic E-state index is 0.0951. The second-order valence-corrected chi connectivity index (χ2v) is 3.78. The molecule has 0 aromatic carbocycles. The number of aryl methyl sites for hydroxylation is 1. The van der Waals surface area contributed by atoms with Crippen molar-refractivity contribution >= 4 is 5.91 Å². The monoisotopic (exact) mass is 226 g/mol. The molecule has 16 heavy (non-hydrogen) atoms. The molecule has 0 radical (unpaired) electrons. The van der Waals surface area contributed by atoms with Gasteiger partial charge < -0.3 is 14.2 Å². The Morgan fingerprint density at radius 1 is 1.62 bits per heavy atom. The third kappa shape index (κ3) is 4.02. The molecular weight excluding hydrogens is 208 g/mol. The van der Waals surface area contributed by atoms with Crippen molar-refractivity contribution in [3.63, 3.8) is 0 Å². The Kier molecular flexibility index (Phi) is 4.98. The van der Waals surface area contributed by atoms with Crippen LogP contribution in [0.2, 0.25) is 0 Å². The van der Waals surface area contributed by atoms with Crippen LogP contribution >= 0.6 is 0 Å². The number of methoxy groups -OCH3 is 1. The minimum Gasteiger partial charge on any atom is -0.385 e. The maximum absolute atomic E-state index is 11.6. The second-order valence-electron chi connectivity index (χ2n) is 3.78. The lowest BCUT2D eigenvalue weighted by atomic mass is 10.3. The molecule has 0 aliphatic rings. The van der Waals surface area contributed by atoms with Gasteiger partial charge in [0.05, 0.1) is 6.54 Å². The van der Waals surface area contributed by atoms with Gasteiger partial charge in [0.15, 0.2) is 0 Å². The average molecular weight is 226 g/mol. The molecule has 0 unspecified atom stereocenters. The number of amides is 1. The van der Waals surface area contributed by atoms with E-state index in [1.54, 1.807) is 19.1 Å². The summed E-state index contributed by atoms with van der Waals surface area (Å²) in [7, 11) is 3.39. The number of hydrogen-bond acceptors (Lipinski definition) is 4. The lowest BCUT2D eigenvalue weighted by Crippen LogP contribution is -2.26. The summed E-state index contributed by atoms with van der Waals surface area (Å²) in [6, 6.07) is 1.83. The first-order chi connectivity index (χ1) is 7.63. The molecule has 1 aromatic rings. The Balaban J connectivity index is 2.34. The Hall–Kier alpha value is -1.36. The molecule has 0 saturated carbocycles. The van der Waals surface area contributed by atoms with E-state index < -0.39 is 0 Å². The quantitative estimate of drug-likeness (QED) is 0.687. The zero-order valence-electron chi connectivity index (χ0n) is 10.0. The summed E-state index contributed by atoms with van der Waals surface area (Å²) in [6.07, 6.45) is 1.25. The Labute approximate surface area is 95.4 Å². The number of ether oxygens (including phenoxy) is 1. The summed E-state index contributed by atoms with van der Waals surface area (Å²) >= 11 is 0. The molecule has 0 N–H and O–H groups in total. The van der Waals surface area contributed by atoms with Gasteiger partial charge in [-0.3, -0.25) is 4.79 Å². The maximum atomic E-state index is 11.6. The van der Waals surface area contributed by atoms with E-state index in [4.69, 9.17) is 9.26 Å². The average Bonchev–Trinajstić information content (AvgIpc) is 2.64. The molecular formula is C11H18N2O3. The van der Waals surface area contributed by atoms with Gasteiger partial charge in [-0.05, 0) is 13.3 Å². The van der Waals surface area contributed by atoms with E-state index in [9.17, 15) is 4.79 Å². The van der Waals surface area contributed by atoms with Crippen molar-refractivity contribution in [2.75, 3.05) is 20.8 Å². The van der Waals surface area contributed by atoms with Crippen LogP contribution in [0.25, 0.3) is 0 Å². The molecule has 1 heterocycles. The number of rotatable bonds is 6. The molecule has 5 heteroatoms. The van der Waals surface area contributed by atoms with Gasteiger partial charge in [-0.25, -0.2) is 0 Å². The Morgan fingerprint density at radius 3 is 2.94 bits per heavy atom. The summed E-state index contributed by atoms with van der Waals surface area (Å²) in [5, 5.41) is 3.84. The first-order valence-corrected chi connectivity index (χ1v) is 5.28. The normalized spacial score (nSPS) is 10.4. The van der Waals surface area contributed by atoms with E-state index in [1.807, 2.05) is 13.0 Å². The summed E-state index contributed by atoms with van der Waals surface area (Å²) < 4.78 is 9.83. The molecule has 0 saturated heterocycles. The summed E-state index contributed by atoms with van der Waals surface area (Å²) in [5.74, 6) is 0.855. The molecule has 5 nitrogen and oxygen atoms in total. The predicted molar refractivity (Wildman–Crippen MR) is 58.8 cm³/mol. The first kappa shape index (κ1) is 12.7. The number of carbonyl (C=O) groups is 1. The van der Waals surface area contributed by atoms with Crippen LogP contribution in [0, 0.1) is 6.92 Å². The summed E-state index contributed by atoms with van der Waals surface area (Å²) in [5.41, 5.74) is 0.778. The van der Waals surface area contributed by atoms with E-state index in [2.05, 4.69) is 5.16 Å². The van der Waals surface area contributed by atoms with E-state index in [0.717, 1.165) is 17.9 Å². The molecule has 0 aliphatic heterocycles. The zero-order chi connectivity index (χ0) is 12.0. The van der Waals surface area contributed by atoms with Crippen molar-refractivity contribution in [2.45, 2.75) is 26.3 Å². The van der Waals surface area contributed by atoms with Crippen molar-refractivity contribution < 1.29 is 14.1 Å². The van der Waals surface area contributed by atoms with Crippen molar-refractivity contribution in [3.8, 4) is 0 Å². The van der Waals surface area contributed by atoms with Crippen LogP contribution in [0.15, 0.2) is 10.6 Å². The lowest BCUT2D eigenvalue weighted by molar-refractivity contribution is -0.130. The van der Waals surface area contributed by atoms with E-state index in [-0.39, 0.29) is 5.91 Å². The van der Waals surface area contributed by atoms with Crippen LogP contribution in [0.3, 0.4) is 0 Å². The van der Waals surface area contributed by atoms with Crippen molar-refractivity contribution in [2.24, 2.45) is 0 Å². The number of hydrogen-bond donors (Lipinski definition) is 0. The zero-order valence-corrected chi connectivity index (χ0v) is 10.0. The molecule has 0 atom stereocenters. The summed E-state index contributed by atoms with van der Waals surface area (Å²) in [6.45, 7) is 2.93. The lowest BCUT2D eigenvalue weighted by Gasteiger charge is -2.15. The van der Waals surface area contributed by atoms with Crippen LogP contribution in [0.1, 0.15) is 24.3 Å². The van der Waals surface area contributed by atoms with E-state index in [0.29, 0.717) is 19.6 Å². The first-order valence-electron chi connectivity index (χ1n) is 5.28. The Morgan fingerprint density at radius 2 is 2.38 bits per heavy atom. The van der Waals surface area contributed by atoms with Gasteiger partial charge in [0.25, 0.3) is 0 Å². The number of aromatic nitrogens is 1. The molecule has 90 valence electrons. The van der Waals surface area contributed by atoms with E-state index in [1.165, 1.54) is 0 Å². The number of carbonyl (C=O) groups excluding carboxylic acids is 1.